The van der Waals surface area contributed by atoms with Crippen molar-refractivity contribution in [3.05, 3.63) is 83.4 Å². The van der Waals surface area contributed by atoms with E-state index in [1.807, 2.05) is 6.92 Å². The zero-order chi connectivity index (χ0) is 21.3. The number of carbonyl (C=O) groups excluding carboxylic acids is 2. The molecule has 0 unspecified atom stereocenters. The highest BCUT2D eigenvalue weighted by Gasteiger charge is 2.09. The van der Waals surface area contributed by atoms with Gasteiger partial charge in [0.05, 0.1) is 6.61 Å². The minimum absolute atomic E-state index is 0.243. The summed E-state index contributed by atoms with van der Waals surface area (Å²) < 4.78 is 16.0. The number of hydrogen-bond donors (Lipinski definition) is 1. The molecule has 0 aliphatic rings. The molecule has 1 N–H and O–H groups in total. The molecule has 0 aliphatic heterocycles. The van der Waals surface area contributed by atoms with E-state index in [9.17, 15) is 9.59 Å². The van der Waals surface area contributed by atoms with Gasteiger partial charge in [0.15, 0.2) is 6.61 Å². The van der Waals surface area contributed by atoms with Gasteiger partial charge in [-0.05, 0) is 79.7 Å². The van der Waals surface area contributed by atoms with Crippen LogP contribution in [0.25, 0.3) is 0 Å². The number of halogens is 1. The Morgan fingerprint density at radius 2 is 1.37 bits per heavy atom. The van der Waals surface area contributed by atoms with Gasteiger partial charge in [0.25, 0.3) is 5.91 Å². The van der Waals surface area contributed by atoms with Crippen LogP contribution in [0.5, 0.6) is 17.2 Å². The molecule has 3 aromatic rings. The lowest BCUT2D eigenvalue weighted by Gasteiger charge is -2.09. The summed E-state index contributed by atoms with van der Waals surface area (Å²) in [4.78, 5) is 24.3. The average Bonchev–Trinajstić information content (AvgIpc) is 2.75. The molecule has 7 heteroatoms. The summed E-state index contributed by atoms with van der Waals surface area (Å²) >= 11 is 5.83. The van der Waals surface area contributed by atoms with E-state index in [2.05, 4.69) is 5.32 Å². The summed E-state index contributed by atoms with van der Waals surface area (Å²) in [7, 11) is 0. The molecule has 0 fully saturated rings. The topological polar surface area (TPSA) is 73.9 Å². The second-order valence-corrected chi connectivity index (χ2v) is 6.59. The van der Waals surface area contributed by atoms with E-state index in [-0.39, 0.29) is 12.5 Å². The standard InChI is InChI=1S/C23H20ClNO5/c1-2-28-19-11-13-20(14-12-19)29-15-22(26)30-21-9-3-16(4-10-21)23(27)25-18-7-5-17(24)6-8-18/h3-14H,2,15H2,1H3,(H,25,27). The Labute approximate surface area is 179 Å². The van der Waals surface area contributed by atoms with Gasteiger partial charge in [-0.25, -0.2) is 4.79 Å². The molecule has 3 rings (SSSR count). The van der Waals surface area contributed by atoms with E-state index >= 15 is 0 Å². The molecule has 30 heavy (non-hydrogen) atoms. The number of hydrogen-bond acceptors (Lipinski definition) is 5. The molecule has 0 aromatic heterocycles. The zero-order valence-electron chi connectivity index (χ0n) is 16.3. The molecule has 1 amide bonds. The van der Waals surface area contributed by atoms with E-state index < -0.39 is 5.97 Å². The molecule has 0 atom stereocenters. The molecule has 0 spiro atoms. The molecule has 3 aromatic carbocycles. The largest absolute Gasteiger partial charge is 0.494 e. The Morgan fingerprint density at radius 3 is 1.97 bits per heavy atom. The van der Waals surface area contributed by atoms with Crippen LogP contribution in [0, 0.1) is 0 Å². The maximum atomic E-state index is 12.3. The molecular weight excluding hydrogens is 406 g/mol. The van der Waals surface area contributed by atoms with Crippen molar-refractivity contribution in [2.75, 3.05) is 18.5 Å². The van der Waals surface area contributed by atoms with Crippen LogP contribution < -0.4 is 19.5 Å². The van der Waals surface area contributed by atoms with Crippen molar-refractivity contribution in [3.8, 4) is 17.2 Å². The normalized spacial score (nSPS) is 10.2. The third-order valence-electron chi connectivity index (χ3n) is 3.94. The number of amides is 1. The third-order valence-corrected chi connectivity index (χ3v) is 4.19. The first-order valence-corrected chi connectivity index (χ1v) is 9.64. The quantitative estimate of drug-likeness (QED) is 0.407. The average molecular weight is 426 g/mol. The van der Waals surface area contributed by atoms with Crippen LogP contribution in [0.4, 0.5) is 5.69 Å². The highest BCUT2D eigenvalue weighted by Crippen LogP contribution is 2.19. The van der Waals surface area contributed by atoms with Gasteiger partial charge in [-0.15, -0.1) is 0 Å². The van der Waals surface area contributed by atoms with E-state index in [1.165, 1.54) is 0 Å². The molecule has 0 bridgehead atoms. The van der Waals surface area contributed by atoms with Crippen molar-refractivity contribution >= 4 is 29.2 Å². The first-order valence-electron chi connectivity index (χ1n) is 9.27. The molecule has 0 saturated heterocycles. The first kappa shape index (κ1) is 21.2. The van der Waals surface area contributed by atoms with E-state index in [0.717, 1.165) is 5.75 Å². The molecule has 0 heterocycles. The molecule has 0 saturated carbocycles. The molecule has 154 valence electrons. The minimum Gasteiger partial charge on any atom is -0.494 e. The lowest BCUT2D eigenvalue weighted by atomic mass is 10.2. The fourth-order valence-corrected chi connectivity index (χ4v) is 2.64. The fraction of sp³-hybridized carbons (Fsp3) is 0.130. The Hall–Kier alpha value is -3.51. The smallest absolute Gasteiger partial charge is 0.349 e. The number of rotatable bonds is 8. The van der Waals surface area contributed by atoms with Crippen LogP contribution >= 0.6 is 11.6 Å². The van der Waals surface area contributed by atoms with Crippen molar-refractivity contribution in [1.82, 2.24) is 0 Å². The summed E-state index contributed by atoms with van der Waals surface area (Å²) in [6, 6.07) is 20.0. The summed E-state index contributed by atoms with van der Waals surface area (Å²) in [6.07, 6.45) is 0. The second kappa shape index (κ2) is 10.3. The van der Waals surface area contributed by atoms with Crippen LogP contribution in [0.3, 0.4) is 0 Å². The van der Waals surface area contributed by atoms with Crippen LogP contribution in [-0.2, 0) is 4.79 Å². The summed E-state index contributed by atoms with van der Waals surface area (Å²) in [5.74, 6) is 0.742. The molecular formula is C23H20ClNO5. The second-order valence-electron chi connectivity index (χ2n) is 6.15. The molecule has 0 radical (unpaired) electrons. The molecule has 0 aliphatic carbocycles. The summed E-state index contributed by atoms with van der Waals surface area (Å²) in [6.45, 7) is 2.24. The number of nitrogens with one attached hydrogen (secondary N) is 1. The van der Waals surface area contributed by atoms with Crippen molar-refractivity contribution in [1.29, 1.82) is 0 Å². The van der Waals surface area contributed by atoms with Crippen molar-refractivity contribution in [3.63, 3.8) is 0 Å². The first-order chi connectivity index (χ1) is 14.5. The fourth-order valence-electron chi connectivity index (χ4n) is 2.51. The third kappa shape index (κ3) is 6.25. The highest BCUT2D eigenvalue weighted by molar-refractivity contribution is 6.30. The molecule has 6 nitrogen and oxygen atoms in total. The van der Waals surface area contributed by atoms with Gasteiger partial charge < -0.3 is 19.5 Å². The minimum atomic E-state index is -0.553. The zero-order valence-corrected chi connectivity index (χ0v) is 17.0. The maximum absolute atomic E-state index is 12.3. The van der Waals surface area contributed by atoms with Gasteiger partial charge in [-0.3, -0.25) is 4.79 Å². The predicted molar refractivity (Wildman–Crippen MR) is 115 cm³/mol. The number of esters is 1. The van der Waals surface area contributed by atoms with Gasteiger partial charge in [0, 0.05) is 16.3 Å². The van der Waals surface area contributed by atoms with E-state index in [4.69, 9.17) is 25.8 Å². The van der Waals surface area contributed by atoms with Crippen LogP contribution in [0.1, 0.15) is 17.3 Å². The Kier molecular flexibility index (Phi) is 7.29. The maximum Gasteiger partial charge on any atom is 0.349 e. The van der Waals surface area contributed by atoms with Gasteiger partial charge in [0.2, 0.25) is 0 Å². The van der Waals surface area contributed by atoms with Crippen molar-refractivity contribution in [2.45, 2.75) is 6.92 Å². The van der Waals surface area contributed by atoms with E-state index in [0.29, 0.717) is 34.4 Å². The van der Waals surface area contributed by atoms with Crippen LogP contribution in [0.2, 0.25) is 5.02 Å². The highest BCUT2D eigenvalue weighted by atomic mass is 35.5. The van der Waals surface area contributed by atoms with Crippen molar-refractivity contribution < 1.29 is 23.8 Å². The van der Waals surface area contributed by atoms with E-state index in [1.54, 1.807) is 72.8 Å². The van der Waals surface area contributed by atoms with Gasteiger partial charge in [0.1, 0.15) is 17.2 Å². The lowest BCUT2D eigenvalue weighted by molar-refractivity contribution is -0.136. The SMILES string of the molecule is CCOc1ccc(OCC(=O)Oc2ccc(C(=O)Nc3ccc(Cl)cc3)cc2)cc1. The number of anilines is 1. The van der Waals surface area contributed by atoms with Gasteiger partial charge in [-0.2, -0.15) is 0 Å². The Bertz CT molecular complexity index is 986. The summed E-state index contributed by atoms with van der Waals surface area (Å²) in [5.41, 5.74) is 1.06. The van der Waals surface area contributed by atoms with Gasteiger partial charge >= 0.3 is 5.97 Å². The van der Waals surface area contributed by atoms with Crippen molar-refractivity contribution in [2.24, 2.45) is 0 Å². The Morgan fingerprint density at radius 1 is 0.800 bits per heavy atom. The monoisotopic (exact) mass is 425 g/mol. The summed E-state index contributed by atoms with van der Waals surface area (Å²) in [5, 5.41) is 3.35. The predicted octanol–water partition coefficient (Wildman–Crippen LogP) is 4.98. The Balaban J connectivity index is 1.48. The van der Waals surface area contributed by atoms with Crippen LogP contribution in [0.15, 0.2) is 72.8 Å². The lowest BCUT2D eigenvalue weighted by Crippen LogP contribution is -2.18. The number of benzene rings is 3. The van der Waals surface area contributed by atoms with Crippen LogP contribution in [-0.4, -0.2) is 25.1 Å². The number of carbonyl (C=O) groups is 2. The number of ether oxygens (including phenoxy) is 3. The van der Waals surface area contributed by atoms with Gasteiger partial charge in [-0.1, -0.05) is 11.6 Å².